The third-order valence-electron chi connectivity index (χ3n) is 3.88. The van der Waals surface area contributed by atoms with Crippen molar-refractivity contribution in [3.05, 3.63) is 58.9 Å². The molecule has 0 fully saturated rings. The largest absolute Gasteiger partial charge is 0.496 e. The number of benzene rings is 1. The molecule has 0 spiro atoms. The fourth-order valence-electron chi connectivity index (χ4n) is 2.63. The minimum Gasteiger partial charge on any atom is -0.496 e. The predicted molar refractivity (Wildman–Crippen MR) is 101 cm³/mol. The summed E-state index contributed by atoms with van der Waals surface area (Å²) >= 11 is 1.43. The highest BCUT2D eigenvalue weighted by Gasteiger charge is 2.16. The van der Waals surface area contributed by atoms with Gasteiger partial charge < -0.3 is 10.1 Å². The van der Waals surface area contributed by atoms with Gasteiger partial charge in [-0.25, -0.2) is 15.0 Å². The molecule has 0 aliphatic rings. The number of hydrogen-bond acceptors (Lipinski definition) is 6. The minimum atomic E-state index is -0.159. The van der Waals surface area contributed by atoms with E-state index in [9.17, 15) is 4.79 Å². The minimum absolute atomic E-state index is 0.0908. The van der Waals surface area contributed by atoms with Gasteiger partial charge in [0.2, 0.25) is 5.91 Å². The number of ether oxygens (including phenoxy) is 1. The van der Waals surface area contributed by atoms with E-state index in [-0.39, 0.29) is 18.4 Å². The lowest BCUT2D eigenvalue weighted by atomic mass is 10.0. The molecule has 2 heterocycles. The van der Waals surface area contributed by atoms with Crippen molar-refractivity contribution in [2.75, 3.05) is 7.11 Å². The monoisotopic (exact) mass is 368 g/mol. The topological polar surface area (TPSA) is 77.0 Å². The Labute approximate surface area is 156 Å². The van der Waals surface area contributed by atoms with Crippen LogP contribution < -0.4 is 10.1 Å². The van der Waals surface area contributed by atoms with Crippen LogP contribution in [0.15, 0.2) is 42.0 Å². The van der Waals surface area contributed by atoms with E-state index in [0.29, 0.717) is 16.5 Å². The average molecular weight is 368 g/mol. The fourth-order valence-corrected chi connectivity index (χ4v) is 3.39. The Bertz CT molecular complexity index is 896. The van der Waals surface area contributed by atoms with Crippen molar-refractivity contribution in [1.29, 1.82) is 0 Å². The van der Waals surface area contributed by atoms with E-state index < -0.39 is 0 Å². The van der Waals surface area contributed by atoms with E-state index in [1.54, 1.807) is 25.6 Å². The van der Waals surface area contributed by atoms with Crippen molar-refractivity contribution in [3.8, 4) is 16.6 Å². The first-order chi connectivity index (χ1) is 12.6. The molecule has 3 aromatic rings. The molecule has 134 valence electrons. The molecule has 0 unspecified atom stereocenters. The van der Waals surface area contributed by atoms with E-state index >= 15 is 0 Å². The SMILES string of the molecule is COc1ccc(C)cc1[C@@H](C)NC(=O)Cc1csc(-c2ncccn2)n1. The summed E-state index contributed by atoms with van der Waals surface area (Å²) in [6.07, 6.45) is 3.56. The molecule has 0 radical (unpaired) electrons. The number of nitrogens with zero attached hydrogens (tertiary/aromatic N) is 3. The molecule has 0 saturated heterocycles. The van der Waals surface area contributed by atoms with Crippen LogP contribution in [0.25, 0.3) is 10.8 Å². The molecule has 6 nitrogen and oxygen atoms in total. The van der Waals surface area contributed by atoms with Crippen molar-refractivity contribution in [2.24, 2.45) is 0 Å². The molecule has 1 atom stereocenters. The number of nitrogens with one attached hydrogen (secondary N) is 1. The summed E-state index contributed by atoms with van der Waals surface area (Å²) < 4.78 is 5.40. The summed E-state index contributed by atoms with van der Waals surface area (Å²) in [6, 6.07) is 7.52. The van der Waals surface area contributed by atoms with Gasteiger partial charge in [-0.1, -0.05) is 17.7 Å². The first kappa shape index (κ1) is 18.0. The smallest absolute Gasteiger partial charge is 0.226 e. The molecule has 0 aliphatic heterocycles. The molecule has 0 bridgehead atoms. The molecule has 1 N–H and O–H groups in total. The highest BCUT2D eigenvalue weighted by molar-refractivity contribution is 7.13. The number of carbonyl (C=O) groups is 1. The van der Waals surface area contributed by atoms with Gasteiger partial charge in [0.25, 0.3) is 0 Å². The van der Waals surface area contributed by atoms with Gasteiger partial charge in [-0.3, -0.25) is 4.79 Å². The van der Waals surface area contributed by atoms with Crippen molar-refractivity contribution in [2.45, 2.75) is 26.3 Å². The van der Waals surface area contributed by atoms with Crippen molar-refractivity contribution in [1.82, 2.24) is 20.3 Å². The van der Waals surface area contributed by atoms with Crippen molar-refractivity contribution < 1.29 is 9.53 Å². The molecule has 2 aromatic heterocycles. The Morgan fingerprint density at radius 3 is 2.81 bits per heavy atom. The summed E-state index contributed by atoms with van der Waals surface area (Å²) in [5.41, 5.74) is 2.78. The van der Waals surface area contributed by atoms with Crippen LogP contribution in [0, 0.1) is 6.92 Å². The Hall–Kier alpha value is -2.80. The molecular formula is C19H20N4O2S. The average Bonchev–Trinajstić information content (AvgIpc) is 3.10. The van der Waals surface area contributed by atoms with E-state index in [2.05, 4.69) is 20.3 Å². The second-order valence-corrected chi connectivity index (χ2v) is 6.79. The number of methoxy groups -OCH3 is 1. The van der Waals surface area contributed by atoms with E-state index in [1.165, 1.54) is 11.3 Å². The maximum absolute atomic E-state index is 12.4. The fraction of sp³-hybridized carbons (Fsp3) is 0.263. The number of rotatable bonds is 6. The van der Waals surface area contributed by atoms with Crippen LogP contribution in [0.2, 0.25) is 0 Å². The van der Waals surface area contributed by atoms with Crippen LogP contribution in [0.4, 0.5) is 0 Å². The molecule has 1 amide bonds. The number of hydrogen-bond donors (Lipinski definition) is 1. The summed E-state index contributed by atoms with van der Waals surface area (Å²) in [4.78, 5) is 25.2. The second-order valence-electron chi connectivity index (χ2n) is 5.93. The normalized spacial score (nSPS) is 11.8. The number of carbonyl (C=O) groups excluding carboxylic acids is 1. The quantitative estimate of drug-likeness (QED) is 0.722. The zero-order valence-electron chi connectivity index (χ0n) is 14.9. The zero-order chi connectivity index (χ0) is 18.5. The number of thiazole rings is 1. The second kappa shape index (κ2) is 8.05. The first-order valence-electron chi connectivity index (χ1n) is 8.22. The molecule has 0 aliphatic carbocycles. The van der Waals surface area contributed by atoms with Gasteiger partial charge in [0.15, 0.2) is 10.8 Å². The Morgan fingerprint density at radius 1 is 1.31 bits per heavy atom. The van der Waals surface area contributed by atoms with Crippen LogP contribution in [-0.2, 0) is 11.2 Å². The van der Waals surface area contributed by atoms with Crippen LogP contribution >= 0.6 is 11.3 Å². The molecule has 26 heavy (non-hydrogen) atoms. The lowest BCUT2D eigenvalue weighted by molar-refractivity contribution is -0.121. The lowest BCUT2D eigenvalue weighted by Gasteiger charge is -2.17. The Morgan fingerprint density at radius 2 is 2.08 bits per heavy atom. The Balaban J connectivity index is 1.66. The van der Waals surface area contributed by atoms with Crippen LogP contribution in [0.5, 0.6) is 5.75 Å². The molecule has 1 aromatic carbocycles. The van der Waals surface area contributed by atoms with Gasteiger partial charge in [0.1, 0.15) is 5.75 Å². The molecule has 3 rings (SSSR count). The maximum Gasteiger partial charge on any atom is 0.226 e. The highest BCUT2D eigenvalue weighted by atomic mass is 32.1. The summed E-state index contributed by atoms with van der Waals surface area (Å²) in [7, 11) is 1.63. The van der Waals surface area contributed by atoms with Crippen LogP contribution in [0.1, 0.15) is 29.8 Å². The summed E-state index contributed by atoms with van der Waals surface area (Å²) in [6.45, 7) is 3.96. The molecule has 0 saturated carbocycles. The maximum atomic E-state index is 12.4. The third-order valence-corrected chi connectivity index (χ3v) is 4.77. The third kappa shape index (κ3) is 4.23. The van der Waals surface area contributed by atoms with E-state index in [0.717, 1.165) is 16.9 Å². The van der Waals surface area contributed by atoms with Gasteiger partial charge >= 0.3 is 0 Å². The van der Waals surface area contributed by atoms with E-state index in [4.69, 9.17) is 4.74 Å². The molecule has 7 heteroatoms. The molecular weight excluding hydrogens is 348 g/mol. The van der Waals surface area contributed by atoms with Gasteiger partial charge in [0, 0.05) is 23.3 Å². The summed E-state index contributed by atoms with van der Waals surface area (Å²) in [5, 5.41) is 5.58. The zero-order valence-corrected chi connectivity index (χ0v) is 15.7. The number of amides is 1. The first-order valence-corrected chi connectivity index (χ1v) is 9.10. The van der Waals surface area contributed by atoms with Crippen molar-refractivity contribution >= 4 is 17.2 Å². The predicted octanol–water partition coefficient (Wildman–Crippen LogP) is 3.34. The highest BCUT2D eigenvalue weighted by Crippen LogP contribution is 2.26. The van der Waals surface area contributed by atoms with Gasteiger partial charge in [-0.05, 0) is 26.0 Å². The van der Waals surface area contributed by atoms with Crippen molar-refractivity contribution in [3.63, 3.8) is 0 Å². The van der Waals surface area contributed by atoms with Gasteiger partial charge in [-0.2, -0.15) is 0 Å². The van der Waals surface area contributed by atoms with E-state index in [1.807, 2.05) is 37.4 Å². The van der Waals surface area contributed by atoms with Crippen LogP contribution in [0.3, 0.4) is 0 Å². The number of aryl methyl sites for hydroxylation is 1. The lowest BCUT2D eigenvalue weighted by Crippen LogP contribution is -2.28. The van der Waals surface area contributed by atoms with Gasteiger partial charge in [0.05, 0.1) is 25.3 Å². The van der Waals surface area contributed by atoms with Gasteiger partial charge in [-0.15, -0.1) is 11.3 Å². The standard InChI is InChI=1S/C19H20N4O2S/c1-12-5-6-16(25-3)15(9-12)13(2)22-17(24)10-14-11-26-19(23-14)18-20-7-4-8-21-18/h4-9,11,13H,10H2,1-3H3,(H,22,24)/t13-/m1/s1. The summed E-state index contributed by atoms with van der Waals surface area (Å²) in [5.74, 6) is 1.24. The Kier molecular flexibility index (Phi) is 5.58. The van der Waals surface area contributed by atoms with Crippen LogP contribution in [-0.4, -0.2) is 28.0 Å². The number of aromatic nitrogens is 3.